The summed E-state index contributed by atoms with van der Waals surface area (Å²) in [6, 6.07) is 7.91. The van der Waals surface area contributed by atoms with Crippen molar-refractivity contribution >= 4 is 24.8 Å². The summed E-state index contributed by atoms with van der Waals surface area (Å²) in [7, 11) is -0.397. The van der Waals surface area contributed by atoms with Crippen LogP contribution in [-0.4, -0.2) is 36.7 Å². The molecule has 26 heavy (non-hydrogen) atoms. The van der Waals surface area contributed by atoms with E-state index in [0.717, 1.165) is 11.0 Å². The molecule has 0 saturated carbocycles. The molecule has 0 amide bonds. The van der Waals surface area contributed by atoms with E-state index in [1.807, 2.05) is 58.0 Å². The van der Waals surface area contributed by atoms with Crippen LogP contribution >= 0.6 is 0 Å². The van der Waals surface area contributed by atoms with Crippen LogP contribution in [0.4, 0.5) is 4.79 Å². The highest BCUT2D eigenvalue weighted by atomic mass is 16.7. The number of hydrogen-bond donors (Lipinski definition) is 0. The molecule has 0 bridgehead atoms. The van der Waals surface area contributed by atoms with Gasteiger partial charge in [-0.15, -0.1) is 0 Å². The second kappa shape index (κ2) is 7.45. The minimum absolute atomic E-state index is 0.148. The van der Waals surface area contributed by atoms with Crippen molar-refractivity contribution in [3.05, 3.63) is 35.9 Å². The van der Waals surface area contributed by atoms with E-state index in [2.05, 4.69) is 0 Å². The molecule has 1 aromatic rings. The molecule has 2 rings (SSSR count). The van der Waals surface area contributed by atoms with Crippen LogP contribution in [0.15, 0.2) is 30.3 Å². The molecule has 1 aliphatic heterocycles. The Labute approximate surface area is 156 Å². The number of ether oxygens (including phenoxy) is 2. The predicted octanol–water partition coefficient (Wildman–Crippen LogP) is 3.95. The SMILES string of the molecule is CC(C)(C)OC(=O)OC/C=C/c1cccc(B2OC(C)(C)C(C)(C)O2)c1. The van der Waals surface area contributed by atoms with Gasteiger partial charge in [-0.05, 0) is 65.6 Å². The molecule has 0 spiro atoms. The van der Waals surface area contributed by atoms with Crippen molar-refractivity contribution < 1.29 is 23.6 Å². The largest absolute Gasteiger partial charge is 0.509 e. The van der Waals surface area contributed by atoms with Gasteiger partial charge in [-0.1, -0.05) is 30.3 Å². The zero-order valence-corrected chi connectivity index (χ0v) is 16.8. The van der Waals surface area contributed by atoms with E-state index in [4.69, 9.17) is 18.8 Å². The van der Waals surface area contributed by atoms with Crippen LogP contribution in [0, 0.1) is 0 Å². The summed E-state index contributed by atoms with van der Waals surface area (Å²) in [5.74, 6) is 0. The van der Waals surface area contributed by atoms with Crippen molar-refractivity contribution in [3.8, 4) is 0 Å². The van der Waals surface area contributed by atoms with Crippen LogP contribution in [0.5, 0.6) is 0 Å². The van der Waals surface area contributed by atoms with E-state index in [1.54, 1.807) is 26.8 Å². The van der Waals surface area contributed by atoms with Crippen molar-refractivity contribution in [1.82, 2.24) is 0 Å². The van der Waals surface area contributed by atoms with E-state index >= 15 is 0 Å². The fourth-order valence-electron chi connectivity index (χ4n) is 2.37. The topological polar surface area (TPSA) is 54.0 Å². The van der Waals surface area contributed by atoms with Gasteiger partial charge in [-0.3, -0.25) is 0 Å². The number of benzene rings is 1. The van der Waals surface area contributed by atoms with Crippen LogP contribution in [0.2, 0.25) is 0 Å². The maximum absolute atomic E-state index is 11.5. The predicted molar refractivity (Wildman–Crippen MR) is 103 cm³/mol. The molecule has 1 heterocycles. The van der Waals surface area contributed by atoms with Crippen LogP contribution in [0.1, 0.15) is 54.0 Å². The van der Waals surface area contributed by atoms with Gasteiger partial charge in [0.2, 0.25) is 0 Å². The van der Waals surface area contributed by atoms with Gasteiger partial charge in [0.15, 0.2) is 0 Å². The lowest BCUT2D eigenvalue weighted by molar-refractivity contribution is -0.00235. The zero-order valence-electron chi connectivity index (χ0n) is 16.8. The summed E-state index contributed by atoms with van der Waals surface area (Å²) < 4.78 is 22.3. The molecule has 0 radical (unpaired) electrons. The second-order valence-corrected chi connectivity index (χ2v) is 8.44. The molecule has 1 fully saturated rings. The maximum atomic E-state index is 11.5. The van der Waals surface area contributed by atoms with Gasteiger partial charge in [-0.25, -0.2) is 4.79 Å². The lowest BCUT2D eigenvalue weighted by atomic mass is 9.78. The fourth-order valence-corrected chi connectivity index (χ4v) is 2.37. The Morgan fingerprint density at radius 1 is 1.15 bits per heavy atom. The molecule has 5 nitrogen and oxygen atoms in total. The lowest BCUT2D eigenvalue weighted by Crippen LogP contribution is -2.41. The smallest absolute Gasteiger partial charge is 0.430 e. The molecule has 1 aliphatic rings. The van der Waals surface area contributed by atoms with Crippen molar-refractivity contribution in [3.63, 3.8) is 0 Å². The van der Waals surface area contributed by atoms with Gasteiger partial charge >= 0.3 is 13.3 Å². The van der Waals surface area contributed by atoms with E-state index in [1.165, 1.54) is 0 Å². The molecule has 0 atom stereocenters. The summed E-state index contributed by atoms with van der Waals surface area (Å²) in [6.45, 7) is 13.7. The minimum atomic E-state index is -0.673. The molecule has 6 heteroatoms. The first kappa shape index (κ1) is 20.5. The summed E-state index contributed by atoms with van der Waals surface area (Å²) in [6.07, 6.45) is 2.99. The molecule has 1 aromatic carbocycles. The second-order valence-electron chi connectivity index (χ2n) is 8.44. The highest BCUT2D eigenvalue weighted by Crippen LogP contribution is 2.36. The Hall–Kier alpha value is -1.79. The van der Waals surface area contributed by atoms with Gasteiger partial charge in [0.05, 0.1) is 11.2 Å². The Morgan fingerprint density at radius 2 is 1.77 bits per heavy atom. The molecular formula is C20H29BO5. The fraction of sp³-hybridized carbons (Fsp3) is 0.550. The highest BCUT2D eigenvalue weighted by Gasteiger charge is 2.51. The van der Waals surface area contributed by atoms with Crippen molar-refractivity contribution in [2.45, 2.75) is 65.3 Å². The van der Waals surface area contributed by atoms with E-state index in [0.29, 0.717) is 0 Å². The number of carbonyl (C=O) groups excluding carboxylic acids is 1. The molecule has 0 aromatic heterocycles. The quantitative estimate of drug-likeness (QED) is 0.601. The normalized spacial score (nSPS) is 19.0. The Bertz CT molecular complexity index is 657. The zero-order chi connectivity index (χ0) is 19.6. The third-order valence-electron chi connectivity index (χ3n) is 4.43. The molecule has 0 aliphatic carbocycles. The van der Waals surface area contributed by atoms with Crippen LogP contribution < -0.4 is 5.46 Å². The average Bonchev–Trinajstić information content (AvgIpc) is 2.71. The third kappa shape index (κ3) is 5.35. The van der Waals surface area contributed by atoms with Crippen LogP contribution in [0.25, 0.3) is 6.08 Å². The van der Waals surface area contributed by atoms with Gasteiger partial charge in [0, 0.05) is 0 Å². The van der Waals surface area contributed by atoms with Crippen molar-refractivity contribution in [1.29, 1.82) is 0 Å². The summed E-state index contributed by atoms with van der Waals surface area (Å²) in [5, 5.41) is 0. The molecular weight excluding hydrogens is 331 g/mol. The Balaban J connectivity index is 1.95. The number of hydrogen-bond acceptors (Lipinski definition) is 5. The van der Waals surface area contributed by atoms with Gasteiger partial charge < -0.3 is 18.8 Å². The van der Waals surface area contributed by atoms with Crippen LogP contribution in [-0.2, 0) is 18.8 Å². The molecule has 0 N–H and O–H groups in total. The standard InChI is InChI=1S/C20H29BO5/c1-18(2,3)24-17(22)23-13-9-11-15-10-8-12-16(14-15)21-25-19(4,5)20(6,7)26-21/h8-12,14H,13H2,1-7H3/b11-9+. The van der Waals surface area contributed by atoms with Crippen molar-refractivity contribution in [2.75, 3.05) is 6.61 Å². The van der Waals surface area contributed by atoms with E-state index in [9.17, 15) is 4.79 Å². The molecule has 1 saturated heterocycles. The maximum Gasteiger partial charge on any atom is 0.509 e. The lowest BCUT2D eigenvalue weighted by Gasteiger charge is -2.32. The van der Waals surface area contributed by atoms with Gasteiger partial charge in [0.25, 0.3) is 0 Å². The first-order valence-electron chi connectivity index (χ1n) is 8.88. The van der Waals surface area contributed by atoms with Gasteiger partial charge in [0.1, 0.15) is 12.2 Å². The van der Waals surface area contributed by atoms with E-state index < -0.39 is 18.9 Å². The first-order valence-corrected chi connectivity index (χ1v) is 8.88. The summed E-state index contributed by atoms with van der Waals surface area (Å²) in [5.41, 5.74) is 0.636. The highest BCUT2D eigenvalue weighted by molar-refractivity contribution is 6.62. The van der Waals surface area contributed by atoms with Crippen molar-refractivity contribution in [2.24, 2.45) is 0 Å². The Morgan fingerprint density at radius 3 is 2.35 bits per heavy atom. The number of rotatable bonds is 4. The molecule has 0 unspecified atom stereocenters. The summed E-state index contributed by atoms with van der Waals surface area (Å²) in [4.78, 5) is 11.5. The third-order valence-corrected chi connectivity index (χ3v) is 4.43. The first-order chi connectivity index (χ1) is 11.9. The summed E-state index contributed by atoms with van der Waals surface area (Å²) >= 11 is 0. The van der Waals surface area contributed by atoms with Gasteiger partial charge in [-0.2, -0.15) is 0 Å². The van der Waals surface area contributed by atoms with E-state index in [-0.39, 0.29) is 17.8 Å². The number of carbonyl (C=O) groups is 1. The molecule has 142 valence electrons. The minimum Gasteiger partial charge on any atom is -0.430 e. The monoisotopic (exact) mass is 360 g/mol. The Kier molecular flexibility index (Phi) is 5.88. The average molecular weight is 360 g/mol. The van der Waals surface area contributed by atoms with Crippen LogP contribution in [0.3, 0.4) is 0 Å².